The average molecular weight is 527 g/mol. The van der Waals surface area contributed by atoms with Gasteiger partial charge in [0.1, 0.15) is 5.75 Å². The van der Waals surface area contributed by atoms with Crippen molar-refractivity contribution in [3.63, 3.8) is 0 Å². The van der Waals surface area contributed by atoms with Gasteiger partial charge in [0.25, 0.3) is 0 Å². The Morgan fingerprint density at radius 2 is 1.84 bits per heavy atom. The van der Waals surface area contributed by atoms with Gasteiger partial charge in [0, 0.05) is 29.8 Å². The monoisotopic (exact) mass is 526 g/mol. The first-order chi connectivity index (χ1) is 18.3. The fourth-order valence-electron chi connectivity index (χ4n) is 5.28. The number of aryl methyl sites for hydroxylation is 2. The molecule has 1 aliphatic heterocycles. The first kappa shape index (κ1) is 25.5. The molecule has 2 aromatic carbocycles. The zero-order valence-electron chi connectivity index (χ0n) is 21.8. The molecule has 0 amide bonds. The van der Waals surface area contributed by atoms with Gasteiger partial charge in [0.05, 0.1) is 30.5 Å². The van der Waals surface area contributed by atoms with E-state index in [1.165, 1.54) is 0 Å². The highest BCUT2D eigenvalue weighted by molar-refractivity contribution is 7.80. The molecular weight excluding hydrogens is 496 g/mol. The summed E-state index contributed by atoms with van der Waals surface area (Å²) in [5.41, 5.74) is 7.30. The summed E-state index contributed by atoms with van der Waals surface area (Å²) in [6.07, 6.45) is 1.80. The third-order valence-corrected chi connectivity index (χ3v) is 7.55. The number of methoxy groups -OCH3 is 1. The number of hydrogen-bond acceptors (Lipinski definition) is 4. The van der Waals surface area contributed by atoms with Crippen molar-refractivity contribution in [1.29, 1.82) is 0 Å². The second-order valence-corrected chi connectivity index (χ2v) is 9.96. The summed E-state index contributed by atoms with van der Waals surface area (Å²) < 4.78 is 7.47. The molecule has 2 N–H and O–H groups in total. The molecular formula is C30H30N4O3S. The van der Waals surface area contributed by atoms with Crippen molar-refractivity contribution < 1.29 is 14.6 Å². The minimum Gasteiger partial charge on any atom is -0.497 e. The largest absolute Gasteiger partial charge is 0.497 e. The standard InChI is InChI=1S/C30H30N4O3S/c1-18-8-11-22(29(35)36)16-26(18)34-19(2)15-24(20(34)3)28-27(25-7-5-6-14-31-25)32-30(38)33(28)17-21-9-12-23(37-4)13-10-21/h5-16,27-28H,17H2,1-4H3,(H,32,38)(H,35,36). The molecule has 194 valence electrons. The molecule has 7 nitrogen and oxygen atoms in total. The predicted octanol–water partition coefficient (Wildman–Crippen LogP) is 5.68. The second-order valence-electron chi connectivity index (χ2n) is 9.57. The third-order valence-electron chi connectivity index (χ3n) is 7.20. The number of carboxylic acids is 1. The Kier molecular flexibility index (Phi) is 6.91. The van der Waals surface area contributed by atoms with Crippen LogP contribution in [0.25, 0.3) is 5.69 Å². The number of pyridine rings is 1. The molecule has 38 heavy (non-hydrogen) atoms. The van der Waals surface area contributed by atoms with Crippen molar-refractivity contribution in [3.8, 4) is 11.4 Å². The highest BCUT2D eigenvalue weighted by Crippen LogP contribution is 2.42. The summed E-state index contributed by atoms with van der Waals surface area (Å²) in [6.45, 7) is 6.74. The lowest BCUT2D eigenvalue weighted by Gasteiger charge is -2.28. The molecule has 0 spiro atoms. The summed E-state index contributed by atoms with van der Waals surface area (Å²) in [5, 5.41) is 13.8. The van der Waals surface area contributed by atoms with E-state index in [0.717, 1.165) is 45.2 Å². The second kappa shape index (κ2) is 10.3. The topological polar surface area (TPSA) is 79.6 Å². The fraction of sp³-hybridized carbons (Fsp3) is 0.233. The Hall–Kier alpha value is -4.17. The summed E-state index contributed by atoms with van der Waals surface area (Å²) in [5.74, 6) is -0.138. The smallest absolute Gasteiger partial charge is 0.335 e. The van der Waals surface area contributed by atoms with E-state index >= 15 is 0 Å². The van der Waals surface area contributed by atoms with Crippen LogP contribution in [0.2, 0.25) is 0 Å². The zero-order chi connectivity index (χ0) is 27.0. The van der Waals surface area contributed by atoms with Gasteiger partial charge in [-0.05, 0) is 92.1 Å². The molecule has 5 rings (SSSR count). The number of aromatic nitrogens is 2. The number of ether oxygens (including phenoxy) is 1. The van der Waals surface area contributed by atoms with Crippen LogP contribution in [0.15, 0.2) is 72.9 Å². The molecule has 1 fully saturated rings. The minimum absolute atomic E-state index is 0.123. The van der Waals surface area contributed by atoms with E-state index in [2.05, 4.69) is 44.9 Å². The van der Waals surface area contributed by atoms with Crippen molar-refractivity contribution in [2.45, 2.75) is 39.4 Å². The summed E-state index contributed by atoms with van der Waals surface area (Å²) in [4.78, 5) is 18.6. The number of rotatable bonds is 7. The predicted molar refractivity (Wildman–Crippen MR) is 151 cm³/mol. The SMILES string of the molecule is COc1ccc(CN2C(=S)NC(c3ccccn3)C2c2cc(C)n(-c3cc(C(=O)O)ccc3C)c2C)cc1. The van der Waals surface area contributed by atoms with Gasteiger partial charge in [-0.2, -0.15) is 0 Å². The van der Waals surface area contributed by atoms with E-state index < -0.39 is 5.97 Å². The van der Waals surface area contributed by atoms with Crippen molar-refractivity contribution >= 4 is 23.3 Å². The van der Waals surface area contributed by atoms with Gasteiger partial charge in [-0.3, -0.25) is 4.98 Å². The molecule has 4 aromatic rings. The number of carboxylic acid groups (broad SMARTS) is 1. The van der Waals surface area contributed by atoms with E-state index in [0.29, 0.717) is 11.7 Å². The van der Waals surface area contributed by atoms with Crippen molar-refractivity contribution in [1.82, 2.24) is 19.8 Å². The molecule has 0 saturated carbocycles. The van der Waals surface area contributed by atoms with Crippen LogP contribution < -0.4 is 10.1 Å². The fourth-order valence-corrected chi connectivity index (χ4v) is 5.59. The number of benzene rings is 2. The lowest BCUT2D eigenvalue weighted by molar-refractivity contribution is 0.0697. The molecule has 8 heteroatoms. The van der Waals surface area contributed by atoms with E-state index in [-0.39, 0.29) is 17.6 Å². The van der Waals surface area contributed by atoms with Crippen LogP contribution in [-0.2, 0) is 6.54 Å². The molecule has 2 aromatic heterocycles. The maximum Gasteiger partial charge on any atom is 0.335 e. The van der Waals surface area contributed by atoms with Crippen molar-refractivity contribution in [2.75, 3.05) is 7.11 Å². The Morgan fingerprint density at radius 3 is 2.50 bits per heavy atom. The van der Waals surface area contributed by atoms with Crippen LogP contribution in [0.3, 0.4) is 0 Å². The van der Waals surface area contributed by atoms with Crippen LogP contribution >= 0.6 is 12.2 Å². The highest BCUT2D eigenvalue weighted by Gasteiger charge is 2.41. The van der Waals surface area contributed by atoms with Crippen LogP contribution in [-0.4, -0.2) is 37.7 Å². The number of carbonyl (C=O) groups is 1. The van der Waals surface area contributed by atoms with Crippen LogP contribution in [0.1, 0.15) is 56.2 Å². The van der Waals surface area contributed by atoms with Crippen LogP contribution in [0.5, 0.6) is 5.75 Å². The van der Waals surface area contributed by atoms with Gasteiger partial charge in [0.2, 0.25) is 0 Å². The Labute approximate surface area is 227 Å². The van der Waals surface area contributed by atoms with Crippen molar-refractivity contribution in [2.24, 2.45) is 0 Å². The molecule has 1 saturated heterocycles. The number of nitrogens with zero attached hydrogens (tertiary/aromatic N) is 3. The molecule has 2 unspecified atom stereocenters. The first-order valence-electron chi connectivity index (χ1n) is 12.4. The Morgan fingerprint density at radius 1 is 1.08 bits per heavy atom. The molecule has 0 radical (unpaired) electrons. The normalized spacial score (nSPS) is 16.9. The number of thiocarbonyl (C=S) groups is 1. The molecule has 1 aliphatic rings. The number of nitrogens with one attached hydrogen (secondary N) is 1. The van der Waals surface area contributed by atoms with Gasteiger partial charge in [-0.15, -0.1) is 0 Å². The maximum atomic E-state index is 11.7. The Bertz CT molecular complexity index is 1500. The molecule has 0 bridgehead atoms. The number of hydrogen-bond donors (Lipinski definition) is 2. The van der Waals surface area contributed by atoms with E-state index in [4.69, 9.17) is 17.0 Å². The Balaban J connectivity index is 1.62. The van der Waals surface area contributed by atoms with Gasteiger partial charge in [0.15, 0.2) is 5.11 Å². The van der Waals surface area contributed by atoms with Crippen LogP contribution in [0.4, 0.5) is 0 Å². The van der Waals surface area contributed by atoms with E-state index in [1.807, 2.05) is 50.2 Å². The van der Waals surface area contributed by atoms with E-state index in [9.17, 15) is 9.90 Å². The molecule has 2 atom stereocenters. The quantitative estimate of drug-likeness (QED) is 0.300. The highest BCUT2D eigenvalue weighted by atomic mass is 32.1. The van der Waals surface area contributed by atoms with Gasteiger partial charge in [-0.1, -0.05) is 24.3 Å². The molecule has 0 aliphatic carbocycles. The van der Waals surface area contributed by atoms with Gasteiger partial charge in [-0.25, -0.2) is 4.79 Å². The van der Waals surface area contributed by atoms with Gasteiger partial charge >= 0.3 is 5.97 Å². The number of aromatic carboxylic acids is 1. The summed E-state index contributed by atoms with van der Waals surface area (Å²) >= 11 is 5.88. The summed E-state index contributed by atoms with van der Waals surface area (Å²) in [6, 6.07) is 21.1. The zero-order valence-corrected chi connectivity index (χ0v) is 22.6. The first-order valence-corrected chi connectivity index (χ1v) is 12.8. The van der Waals surface area contributed by atoms with Gasteiger partial charge < -0.3 is 24.6 Å². The van der Waals surface area contributed by atoms with E-state index in [1.54, 1.807) is 25.4 Å². The van der Waals surface area contributed by atoms with Crippen molar-refractivity contribution in [3.05, 3.63) is 112 Å². The maximum absolute atomic E-state index is 11.7. The van der Waals surface area contributed by atoms with Crippen LogP contribution in [0, 0.1) is 20.8 Å². The summed E-state index contributed by atoms with van der Waals surface area (Å²) in [7, 11) is 1.66. The third kappa shape index (κ3) is 4.63. The molecule has 3 heterocycles. The lowest BCUT2D eigenvalue weighted by Crippen LogP contribution is -2.29. The minimum atomic E-state index is -0.944. The lowest BCUT2D eigenvalue weighted by atomic mass is 9.96. The average Bonchev–Trinajstić information content (AvgIpc) is 3.39.